The van der Waals surface area contributed by atoms with Gasteiger partial charge in [0.1, 0.15) is 23.9 Å². The normalized spacial score (nSPS) is 11.1. The Morgan fingerprint density at radius 1 is 0.872 bits per heavy atom. The van der Waals surface area contributed by atoms with E-state index < -0.39 is 24.2 Å². The van der Waals surface area contributed by atoms with E-state index in [1.54, 1.807) is 59.2 Å². The minimum atomic E-state index is -1.07. The Morgan fingerprint density at radius 3 is 2.36 bits per heavy atom. The number of carbonyl (C=O) groups is 1. The van der Waals surface area contributed by atoms with E-state index >= 15 is 0 Å². The first-order valence-electron chi connectivity index (χ1n) is 11.7. The van der Waals surface area contributed by atoms with Crippen LogP contribution in [0.3, 0.4) is 0 Å². The first kappa shape index (κ1) is 26.5. The molecule has 5 rings (SSSR count). The molecule has 0 fully saturated rings. The summed E-state index contributed by atoms with van der Waals surface area (Å²) in [4.78, 5) is 15.3. The summed E-state index contributed by atoms with van der Waals surface area (Å²) >= 11 is 12.5. The van der Waals surface area contributed by atoms with Crippen LogP contribution in [0.25, 0.3) is 22.4 Å². The molecule has 1 heterocycles. The number of halogens is 4. The van der Waals surface area contributed by atoms with Crippen molar-refractivity contribution >= 4 is 40.2 Å². The largest absolute Gasteiger partial charge is 0.488 e. The average Bonchev–Trinajstić information content (AvgIpc) is 3.23. The first-order valence-corrected chi connectivity index (χ1v) is 12.5. The van der Waals surface area contributed by atoms with Gasteiger partial charge in [0.15, 0.2) is 18.2 Å². The third-order valence-corrected chi connectivity index (χ3v) is 6.35. The summed E-state index contributed by atoms with van der Waals surface area (Å²) in [5.74, 6) is -1.78. The molecule has 0 aliphatic carbocycles. The van der Waals surface area contributed by atoms with Crippen molar-refractivity contribution in [1.82, 2.24) is 9.55 Å². The second-order valence-electron chi connectivity index (χ2n) is 8.66. The highest BCUT2D eigenvalue weighted by atomic mass is 35.5. The molecule has 0 atom stereocenters. The van der Waals surface area contributed by atoms with Crippen LogP contribution in [-0.4, -0.2) is 27.2 Å². The van der Waals surface area contributed by atoms with Crippen molar-refractivity contribution in [2.45, 2.75) is 13.2 Å². The fourth-order valence-corrected chi connectivity index (χ4v) is 4.47. The molecule has 198 valence electrons. The molecular weight excluding hydrogens is 549 g/mol. The zero-order valence-electron chi connectivity index (χ0n) is 20.2. The minimum absolute atomic E-state index is 0.157. The Hall–Kier alpha value is -4.14. The number of benzene rings is 4. The van der Waals surface area contributed by atoms with Crippen LogP contribution < -0.4 is 9.47 Å². The number of ether oxygens (including phenoxy) is 2. The molecule has 0 saturated heterocycles. The molecule has 5 aromatic rings. The number of aromatic nitrogens is 2. The second kappa shape index (κ2) is 11.3. The molecule has 0 spiro atoms. The van der Waals surface area contributed by atoms with Crippen molar-refractivity contribution in [3.8, 4) is 22.9 Å². The summed E-state index contributed by atoms with van der Waals surface area (Å²) in [6.07, 6.45) is 0. The molecular formula is C29H20Cl2F2N2O4. The maximum atomic E-state index is 14.3. The van der Waals surface area contributed by atoms with Gasteiger partial charge in [0.05, 0.1) is 16.6 Å². The van der Waals surface area contributed by atoms with Crippen molar-refractivity contribution in [2.75, 3.05) is 6.61 Å². The summed E-state index contributed by atoms with van der Waals surface area (Å²) in [6.45, 7) is 0.00732. The number of aliphatic carboxylic acids is 1. The molecule has 1 aromatic heterocycles. The van der Waals surface area contributed by atoms with Crippen LogP contribution in [0.2, 0.25) is 10.0 Å². The molecule has 39 heavy (non-hydrogen) atoms. The molecule has 4 aromatic carbocycles. The SMILES string of the molecule is O=C(O)COc1ccc(COc2cc(Cl)ccc2-c2nc3cc(F)c(F)cc3n2Cc2cccc(Cl)c2)cc1. The molecule has 6 nitrogen and oxygen atoms in total. The maximum Gasteiger partial charge on any atom is 0.341 e. The van der Waals surface area contributed by atoms with Crippen LogP contribution in [0, 0.1) is 11.6 Å². The van der Waals surface area contributed by atoms with E-state index in [1.807, 2.05) is 12.1 Å². The van der Waals surface area contributed by atoms with Crippen molar-refractivity contribution in [2.24, 2.45) is 0 Å². The Bertz CT molecular complexity index is 1670. The van der Waals surface area contributed by atoms with Gasteiger partial charge in [-0.3, -0.25) is 0 Å². The van der Waals surface area contributed by atoms with E-state index in [-0.39, 0.29) is 18.7 Å². The number of hydrogen-bond donors (Lipinski definition) is 1. The summed E-state index contributed by atoms with van der Waals surface area (Å²) in [5, 5.41) is 9.74. The Kier molecular flexibility index (Phi) is 7.67. The zero-order chi connectivity index (χ0) is 27.5. The Balaban J connectivity index is 1.51. The topological polar surface area (TPSA) is 73.6 Å². The van der Waals surface area contributed by atoms with Gasteiger partial charge in [0.2, 0.25) is 0 Å². The Labute approximate surface area is 232 Å². The lowest BCUT2D eigenvalue weighted by molar-refractivity contribution is -0.139. The molecule has 10 heteroatoms. The quantitative estimate of drug-likeness (QED) is 0.201. The minimum Gasteiger partial charge on any atom is -0.488 e. The van der Waals surface area contributed by atoms with E-state index in [0.717, 1.165) is 23.3 Å². The molecule has 0 aliphatic rings. The lowest BCUT2D eigenvalue weighted by Gasteiger charge is -2.15. The fourth-order valence-electron chi connectivity index (χ4n) is 4.09. The number of fused-ring (bicyclic) bond motifs is 1. The van der Waals surface area contributed by atoms with Crippen molar-refractivity contribution in [3.63, 3.8) is 0 Å². The number of carboxylic acid groups (broad SMARTS) is 1. The van der Waals surface area contributed by atoms with Gasteiger partial charge in [-0.1, -0.05) is 47.5 Å². The average molecular weight is 569 g/mol. The first-order chi connectivity index (χ1) is 18.8. The van der Waals surface area contributed by atoms with Gasteiger partial charge in [-0.15, -0.1) is 0 Å². The third kappa shape index (κ3) is 6.13. The van der Waals surface area contributed by atoms with Crippen LogP contribution >= 0.6 is 23.2 Å². The standard InChI is InChI=1S/C29H20Cl2F2N2O4/c30-19-3-1-2-18(10-19)14-35-26-13-24(33)23(32)12-25(26)34-29(35)22-9-6-20(31)11-27(22)39-15-17-4-7-21(8-5-17)38-16-28(36)37/h1-13H,14-16H2,(H,36,37). The van der Waals surface area contributed by atoms with E-state index in [1.165, 1.54) is 0 Å². The van der Waals surface area contributed by atoms with E-state index in [9.17, 15) is 13.6 Å². The van der Waals surface area contributed by atoms with Crippen LogP contribution in [-0.2, 0) is 17.9 Å². The molecule has 0 bridgehead atoms. The number of nitrogens with zero attached hydrogens (tertiary/aromatic N) is 2. The second-order valence-corrected chi connectivity index (χ2v) is 9.53. The summed E-state index contributed by atoms with van der Waals surface area (Å²) < 4.78 is 41.4. The van der Waals surface area contributed by atoms with Crippen LogP contribution in [0.4, 0.5) is 8.78 Å². The number of hydrogen-bond acceptors (Lipinski definition) is 4. The zero-order valence-corrected chi connectivity index (χ0v) is 21.7. The Morgan fingerprint density at radius 2 is 1.62 bits per heavy atom. The van der Waals surface area contributed by atoms with Crippen molar-refractivity contribution in [1.29, 1.82) is 0 Å². The maximum absolute atomic E-state index is 14.3. The van der Waals surface area contributed by atoms with Crippen molar-refractivity contribution in [3.05, 3.63) is 112 Å². The highest BCUT2D eigenvalue weighted by Gasteiger charge is 2.20. The van der Waals surface area contributed by atoms with Crippen LogP contribution in [0.1, 0.15) is 11.1 Å². The van der Waals surface area contributed by atoms with E-state index in [2.05, 4.69) is 4.98 Å². The summed E-state index contributed by atoms with van der Waals surface area (Å²) in [5.41, 5.74) is 2.89. The van der Waals surface area contributed by atoms with Gasteiger partial charge in [0.25, 0.3) is 0 Å². The van der Waals surface area contributed by atoms with E-state index in [0.29, 0.717) is 38.4 Å². The highest BCUT2D eigenvalue weighted by Crippen LogP contribution is 2.36. The molecule has 0 amide bonds. The predicted molar refractivity (Wildman–Crippen MR) is 145 cm³/mol. The van der Waals surface area contributed by atoms with Crippen LogP contribution in [0.15, 0.2) is 78.9 Å². The van der Waals surface area contributed by atoms with Gasteiger partial charge in [-0.2, -0.15) is 0 Å². The summed E-state index contributed by atoms with van der Waals surface area (Å²) in [6, 6.07) is 21.3. The molecule has 0 unspecified atom stereocenters. The molecule has 0 aliphatic heterocycles. The van der Waals surface area contributed by atoms with Gasteiger partial charge < -0.3 is 19.1 Å². The van der Waals surface area contributed by atoms with Gasteiger partial charge in [-0.05, 0) is 53.6 Å². The van der Waals surface area contributed by atoms with Crippen LogP contribution in [0.5, 0.6) is 11.5 Å². The monoisotopic (exact) mass is 568 g/mol. The highest BCUT2D eigenvalue weighted by molar-refractivity contribution is 6.31. The number of rotatable bonds is 9. The van der Waals surface area contributed by atoms with Gasteiger partial charge in [-0.25, -0.2) is 18.6 Å². The third-order valence-electron chi connectivity index (χ3n) is 5.88. The molecule has 1 N–H and O–H groups in total. The molecule has 0 radical (unpaired) electrons. The van der Waals surface area contributed by atoms with E-state index in [4.69, 9.17) is 37.8 Å². The molecule has 0 saturated carbocycles. The predicted octanol–water partition coefficient (Wildman–Crippen LogP) is 7.38. The lowest BCUT2D eigenvalue weighted by Crippen LogP contribution is -2.09. The van der Waals surface area contributed by atoms with Gasteiger partial charge >= 0.3 is 5.97 Å². The fraction of sp³-hybridized carbons (Fsp3) is 0.103. The summed E-state index contributed by atoms with van der Waals surface area (Å²) in [7, 11) is 0. The number of imidazole rings is 1. The van der Waals surface area contributed by atoms with Gasteiger partial charge in [0, 0.05) is 28.7 Å². The smallest absolute Gasteiger partial charge is 0.341 e. The number of carboxylic acids is 1. The van der Waals surface area contributed by atoms with Crippen molar-refractivity contribution < 1.29 is 28.2 Å². The lowest BCUT2D eigenvalue weighted by atomic mass is 10.1.